The molecule has 0 saturated carbocycles. The second kappa shape index (κ2) is 7.63. The Balaban J connectivity index is 1.49. The number of carbonyl (C=O) groups is 2. The van der Waals surface area contributed by atoms with Gasteiger partial charge in [0.25, 0.3) is 5.91 Å². The molecule has 5 nitrogen and oxygen atoms in total. The van der Waals surface area contributed by atoms with Gasteiger partial charge in [0.2, 0.25) is 5.91 Å². The van der Waals surface area contributed by atoms with Crippen LogP contribution in [0.5, 0.6) is 0 Å². The largest absolute Gasteiger partial charge is 0.342 e. The smallest absolute Gasteiger partial charge is 0.264 e. The minimum absolute atomic E-state index is 0.0759. The fourth-order valence-electron chi connectivity index (χ4n) is 2.97. The SMILES string of the molecule is O=C(CN1CCN(C(=O)c2cc(Br)c(Br)s2)CC1)N1CCCC1. The van der Waals surface area contributed by atoms with E-state index in [1.807, 2.05) is 15.9 Å². The van der Waals surface area contributed by atoms with E-state index < -0.39 is 0 Å². The van der Waals surface area contributed by atoms with Gasteiger partial charge >= 0.3 is 0 Å². The molecule has 2 aliphatic heterocycles. The van der Waals surface area contributed by atoms with Gasteiger partial charge in [-0.1, -0.05) is 0 Å². The Bertz CT molecular complexity index is 574. The van der Waals surface area contributed by atoms with Gasteiger partial charge in [-0.3, -0.25) is 14.5 Å². The fourth-order valence-corrected chi connectivity index (χ4v) is 4.98. The summed E-state index contributed by atoms with van der Waals surface area (Å²) in [5.74, 6) is 0.306. The lowest BCUT2D eigenvalue weighted by Gasteiger charge is -2.34. The van der Waals surface area contributed by atoms with Gasteiger partial charge in [0.05, 0.1) is 15.2 Å². The van der Waals surface area contributed by atoms with E-state index in [1.165, 1.54) is 11.3 Å². The minimum Gasteiger partial charge on any atom is -0.342 e. The monoisotopic (exact) mass is 463 g/mol. The van der Waals surface area contributed by atoms with Crippen molar-refractivity contribution in [1.29, 1.82) is 0 Å². The van der Waals surface area contributed by atoms with E-state index in [4.69, 9.17) is 0 Å². The Morgan fingerprint density at radius 1 is 1.00 bits per heavy atom. The van der Waals surface area contributed by atoms with Crippen LogP contribution in [0.15, 0.2) is 14.3 Å². The average molecular weight is 465 g/mol. The van der Waals surface area contributed by atoms with Crippen LogP contribution in [0.4, 0.5) is 0 Å². The molecule has 8 heteroatoms. The number of piperazine rings is 1. The van der Waals surface area contributed by atoms with Gasteiger partial charge in [0.1, 0.15) is 0 Å². The highest BCUT2D eigenvalue weighted by molar-refractivity contribution is 9.13. The molecule has 126 valence electrons. The van der Waals surface area contributed by atoms with Crippen molar-refractivity contribution in [2.75, 3.05) is 45.8 Å². The standard InChI is InChI=1S/C15H19Br2N3O2S/c16-11-9-12(23-14(11)17)15(22)20-7-5-18(6-8-20)10-13(21)19-3-1-2-4-19/h9H,1-8,10H2. The third-order valence-electron chi connectivity index (χ3n) is 4.33. The molecule has 2 aliphatic rings. The number of likely N-dealkylation sites (tertiary alicyclic amines) is 1. The minimum atomic E-state index is 0.0759. The van der Waals surface area contributed by atoms with Crippen molar-refractivity contribution >= 4 is 55.0 Å². The van der Waals surface area contributed by atoms with Crippen LogP contribution < -0.4 is 0 Å². The molecule has 0 atom stereocenters. The zero-order valence-corrected chi connectivity index (χ0v) is 16.8. The maximum absolute atomic E-state index is 12.5. The van der Waals surface area contributed by atoms with Crippen molar-refractivity contribution in [2.45, 2.75) is 12.8 Å². The van der Waals surface area contributed by atoms with Crippen LogP contribution in [-0.4, -0.2) is 72.3 Å². The summed E-state index contributed by atoms with van der Waals surface area (Å²) in [7, 11) is 0. The molecule has 0 aliphatic carbocycles. The molecule has 0 radical (unpaired) electrons. The van der Waals surface area contributed by atoms with Crippen molar-refractivity contribution < 1.29 is 9.59 Å². The van der Waals surface area contributed by atoms with Crippen LogP contribution in [0.2, 0.25) is 0 Å². The van der Waals surface area contributed by atoms with Crippen LogP contribution in [0.3, 0.4) is 0 Å². The maximum Gasteiger partial charge on any atom is 0.264 e. The predicted molar refractivity (Wildman–Crippen MR) is 97.9 cm³/mol. The molecule has 0 bridgehead atoms. The Kier molecular flexibility index (Phi) is 5.77. The first-order valence-corrected chi connectivity index (χ1v) is 10.2. The Labute approximate surface area is 156 Å². The van der Waals surface area contributed by atoms with Gasteiger partial charge in [-0.15, -0.1) is 11.3 Å². The number of hydrogen-bond donors (Lipinski definition) is 0. The normalized spacial score (nSPS) is 19.4. The lowest BCUT2D eigenvalue weighted by molar-refractivity contribution is -0.131. The van der Waals surface area contributed by atoms with Gasteiger partial charge in [-0.05, 0) is 50.8 Å². The van der Waals surface area contributed by atoms with Crippen LogP contribution in [0.25, 0.3) is 0 Å². The van der Waals surface area contributed by atoms with E-state index >= 15 is 0 Å². The van der Waals surface area contributed by atoms with Gasteiger partial charge in [0.15, 0.2) is 0 Å². The van der Waals surface area contributed by atoms with E-state index in [0.29, 0.717) is 19.6 Å². The second-order valence-electron chi connectivity index (χ2n) is 5.89. The van der Waals surface area contributed by atoms with Crippen molar-refractivity contribution in [1.82, 2.24) is 14.7 Å². The number of nitrogens with zero attached hydrogens (tertiary/aromatic N) is 3. The van der Waals surface area contributed by atoms with E-state index in [0.717, 1.165) is 52.2 Å². The molecule has 0 N–H and O–H groups in total. The van der Waals surface area contributed by atoms with Crippen LogP contribution in [0, 0.1) is 0 Å². The number of amides is 2. The number of carbonyl (C=O) groups excluding carboxylic acids is 2. The second-order valence-corrected chi connectivity index (χ2v) is 9.11. The van der Waals surface area contributed by atoms with E-state index in [-0.39, 0.29) is 11.8 Å². The Hall–Kier alpha value is -0.440. The van der Waals surface area contributed by atoms with Crippen molar-refractivity contribution in [3.8, 4) is 0 Å². The number of thiophene rings is 1. The van der Waals surface area contributed by atoms with Gasteiger partial charge in [-0.25, -0.2) is 0 Å². The average Bonchev–Trinajstić information content (AvgIpc) is 3.18. The zero-order valence-electron chi connectivity index (χ0n) is 12.8. The maximum atomic E-state index is 12.5. The summed E-state index contributed by atoms with van der Waals surface area (Å²) >= 11 is 8.30. The van der Waals surface area contributed by atoms with Gasteiger partial charge in [0, 0.05) is 43.7 Å². The first-order chi connectivity index (χ1) is 11.0. The molecule has 3 rings (SSSR count). The van der Waals surface area contributed by atoms with Crippen molar-refractivity contribution in [2.24, 2.45) is 0 Å². The Morgan fingerprint density at radius 2 is 1.65 bits per heavy atom. The molecule has 2 saturated heterocycles. The molecule has 3 heterocycles. The quantitative estimate of drug-likeness (QED) is 0.690. The summed E-state index contributed by atoms with van der Waals surface area (Å²) in [6.07, 6.45) is 2.25. The van der Waals surface area contributed by atoms with Gasteiger partial charge < -0.3 is 9.80 Å². The number of hydrogen-bond acceptors (Lipinski definition) is 4. The third-order valence-corrected chi connectivity index (χ3v) is 7.58. The van der Waals surface area contributed by atoms with Crippen molar-refractivity contribution in [3.63, 3.8) is 0 Å². The van der Waals surface area contributed by atoms with Gasteiger partial charge in [-0.2, -0.15) is 0 Å². The molecule has 1 aromatic rings. The first-order valence-electron chi connectivity index (χ1n) is 7.79. The van der Waals surface area contributed by atoms with Crippen LogP contribution >= 0.6 is 43.2 Å². The predicted octanol–water partition coefficient (Wildman–Crippen LogP) is 2.65. The molecule has 1 aromatic heterocycles. The highest BCUT2D eigenvalue weighted by Gasteiger charge is 2.26. The van der Waals surface area contributed by atoms with E-state index in [1.54, 1.807) is 0 Å². The Morgan fingerprint density at radius 3 is 2.22 bits per heavy atom. The lowest BCUT2D eigenvalue weighted by Crippen LogP contribution is -2.51. The molecule has 2 amide bonds. The zero-order chi connectivity index (χ0) is 16.4. The highest BCUT2D eigenvalue weighted by Crippen LogP contribution is 2.33. The molecule has 23 heavy (non-hydrogen) atoms. The molecular weight excluding hydrogens is 446 g/mol. The van der Waals surface area contributed by atoms with E-state index in [2.05, 4.69) is 36.8 Å². The molecular formula is C15H19Br2N3O2S. The molecule has 0 aromatic carbocycles. The lowest BCUT2D eigenvalue weighted by atomic mass is 10.3. The molecule has 0 unspecified atom stereocenters. The summed E-state index contributed by atoms with van der Waals surface area (Å²) in [5.41, 5.74) is 0. The van der Waals surface area contributed by atoms with Crippen LogP contribution in [-0.2, 0) is 4.79 Å². The highest BCUT2D eigenvalue weighted by atomic mass is 79.9. The number of halogens is 2. The third kappa shape index (κ3) is 4.15. The van der Waals surface area contributed by atoms with Crippen LogP contribution in [0.1, 0.15) is 22.5 Å². The summed E-state index contributed by atoms with van der Waals surface area (Å²) in [5, 5.41) is 0. The topological polar surface area (TPSA) is 43.9 Å². The number of rotatable bonds is 3. The first kappa shape index (κ1) is 17.4. The summed E-state index contributed by atoms with van der Waals surface area (Å²) in [6, 6.07) is 1.86. The van der Waals surface area contributed by atoms with Crippen molar-refractivity contribution in [3.05, 3.63) is 19.2 Å². The molecule has 0 spiro atoms. The summed E-state index contributed by atoms with van der Waals surface area (Å²) < 4.78 is 1.86. The molecule has 2 fully saturated rings. The fraction of sp³-hybridized carbons (Fsp3) is 0.600. The summed E-state index contributed by atoms with van der Waals surface area (Å²) in [6.45, 7) is 5.17. The van der Waals surface area contributed by atoms with E-state index in [9.17, 15) is 9.59 Å². The summed E-state index contributed by atoms with van der Waals surface area (Å²) in [4.78, 5) is 31.4.